The van der Waals surface area contributed by atoms with Crippen molar-refractivity contribution < 1.29 is 38.1 Å². The largest absolute Gasteiger partial charge is 0.466 e. The van der Waals surface area contributed by atoms with Crippen molar-refractivity contribution in [1.29, 1.82) is 0 Å². The molecular weight excluding hydrogens is 404 g/mol. The van der Waals surface area contributed by atoms with Crippen molar-refractivity contribution in [3.8, 4) is 0 Å². The second kappa shape index (κ2) is 23.4. The van der Waals surface area contributed by atoms with Crippen molar-refractivity contribution in [1.82, 2.24) is 0 Å². The molecule has 29 heavy (non-hydrogen) atoms. The molecule has 0 aromatic carbocycles. The highest BCUT2D eigenvalue weighted by molar-refractivity contribution is 6.26. The highest BCUT2D eigenvalue weighted by Crippen LogP contribution is 2.02. The van der Waals surface area contributed by atoms with Gasteiger partial charge in [-0.25, -0.2) is 9.59 Å². The number of halogens is 1. The lowest BCUT2D eigenvalue weighted by molar-refractivity contribution is -0.145. The van der Waals surface area contributed by atoms with Gasteiger partial charge in [0, 0.05) is 11.6 Å². The van der Waals surface area contributed by atoms with Gasteiger partial charge in [-0.2, -0.15) is 0 Å². The van der Waals surface area contributed by atoms with E-state index in [2.05, 4.69) is 38.7 Å². The second-order valence-electron chi connectivity index (χ2n) is 4.82. The molecule has 8 nitrogen and oxygen atoms in total. The molecule has 0 amide bonds. The van der Waals surface area contributed by atoms with Crippen LogP contribution in [0.2, 0.25) is 0 Å². The van der Waals surface area contributed by atoms with Crippen molar-refractivity contribution in [2.75, 3.05) is 25.7 Å². The minimum absolute atomic E-state index is 0.104. The topological polar surface area (TPSA) is 105 Å². The molecule has 0 heterocycles. The molecule has 0 aliphatic rings. The monoisotopic (exact) mass is 434 g/mol. The van der Waals surface area contributed by atoms with Gasteiger partial charge in [-0.05, 0) is 20.3 Å². The molecule has 0 saturated heterocycles. The van der Waals surface area contributed by atoms with Crippen LogP contribution in [0.1, 0.15) is 40.0 Å². The molecule has 0 saturated carbocycles. The van der Waals surface area contributed by atoms with Gasteiger partial charge in [0.2, 0.25) is 0 Å². The van der Waals surface area contributed by atoms with Crippen LogP contribution in [0.25, 0.3) is 0 Å². The maximum Gasteiger partial charge on any atom is 0.333 e. The van der Waals surface area contributed by atoms with E-state index in [1.165, 1.54) is 6.08 Å². The molecular formula is C20H31ClO8. The highest BCUT2D eigenvalue weighted by atomic mass is 35.5. The van der Waals surface area contributed by atoms with E-state index in [-0.39, 0.29) is 30.5 Å². The molecule has 0 bridgehead atoms. The Labute approximate surface area is 177 Å². The molecule has 0 N–H and O–H groups in total. The maximum atomic E-state index is 11.0. The van der Waals surface area contributed by atoms with E-state index >= 15 is 0 Å². The number of carbonyl (C=O) groups excluding carboxylic acids is 4. The molecule has 0 radical (unpaired) electrons. The quantitative estimate of drug-likeness (QED) is 0.121. The molecule has 0 aromatic rings. The van der Waals surface area contributed by atoms with E-state index < -0.39 is 17.9 Å². The van der Waals surface area contributed by atoms with Gasteiger partial charge in [0.05, 0.1) is 32.5 Å². The van der Waals surface area contributed by atoms with Crippen LogP contribution in [-0.4, -0.2) is 49.6 Å². The summed E-state index contributed by atoms with van der Waals surface area (Å²) in [6, 6.07) is 0. The Morgan fingerprint density at radius 1 is 0.931 bits per heavy atom. The summed E-state index contributed by atoms with van der Waals surface area (Å²) >= 11 is 5.01. The van der Waals surface area contributed by atoms with E-state index in [9.17, 15) is 19.2 Å². The van der Waals surface area contributed by atoms with Crippen LogP contribution >= 0.6 is 11.6 Å². The summed E-state index contributed by atoms with van der Waals surface area (Å²) in [6.07, 6.45) is 4.09. The smallest absolute Gasteiger partial charge is 0.333 e. The van der Waals surface area contributed by atoms with Crippen molar-refractivity contribution in [3.05, 3.63) is 37.6 Å². The summed E-state index contributed by atoms with van der Waals surface area (Å²) in [4.78, 5) is 42.2. The first-order chi connectivity index (χ1) is 13.7. The lowest BCUT2D eigenvalue weighted by Crippen LogP contribution is -2.12. The van der Waals surface area contributed by atoms with Crippen LogP contribution in [0, 0.1) is 0 Å². The van der Waals surface area contributed by atoms with E-state index in [0.29, 0.717) is 13.2 Å². The number of unbranched alkanes of at least 4 members (excludes halogenated alkanes) is 1. The van der Waals surface area contributed by atoms with Gasteiger partial charge < -0.3 is 18.9 Å². The average molecular weight is 435 g/mol. The Bertz CT molecular complexity index is 529. The third-order valence-corrected chi connectivity index (χ3v) is 2.68. The fourth-order valence-electron chi connectivity index (χ4n) is 1.19. The number of hydrogen-bond donors (Lipinski definition) is 0. The second-order valence-corrected chi connectivity index (χ2v) is 5.09. The van der Waals surface area contributed by atoms with E-state index in [1.54, 1.807) is 13.8 Å². The van der Waals surface area contributed by atoms with Crippen LogP contribution in [0.3, 0.4) is 0 Å². The van der Waals surface area contributed by atoms with Gasteiger partial charge >= 0.3 is 23.9 Å². The summed E-state index contributed by atoms with van der Waals surface area (Å²) in [5.41, 5.74) is 0.125. The van der Waals surface area contributed by atoms with Crippen LogP contribution in [0.5, 0.6) is 0 Å². The summed E-state index contributed by atoms with van der Waals surface area (Å²) in [7, 11) is 0. The first-order valence-corrected chi connectivity index (χ1v) is 9.43. The standard InChI is InChI=1S/C9H14O4.C7H12O2.C4H5ClO2/c1-4-12-8(10)6-7(3)9(11)13-5-2;1-3-5-6-9-7(8)4-2;1-2-7-4(6)3-5/h3-6H2,1-2H3;4H,2-3,5-6H2,1H3;2H,1,3H2. The molecule has 166 valence electrons. The van der Waals surface area contributed by atoms with Crippen molar-refractivity contribution >= 4 is 35.5 Å². The van der Waals surface area contributed by atoms with Gasteiger partial charge in [0.1, 0.15) is 5.88 Å². The van der Waals surface area contributed by atoms with Gasteiger partial charge in [-0.1, -0.05) is 33.1 Å². The molecule has 0 aromatic heterocycles. The van der Waals surface area contributed by atoms with E-state index in [4.69, 9.17) is 11.6 Å². The summed E-state index contributed by atoms with van der Waals surface area (Å²) in [6.45, 7) is 16.4. The molecule has 0 aliphatic heterocycles. The fourth-order valence-corrected chi connectivity index (χ4v) is 1.26. The molecule has 0 fully saturated rings. The maximum absolute atomic E-state index is 11.0. The number of rotatable bonds is 11. The predicted molar refractivity (Wildman–Crippen MR) is 110 cm³/mol. The zero-order valence-corrected chi connectivity index (χ0v) is 18.1. The zero-order chi connectivity index (χ0) is 23.1. The zero-order valence-electron chi connectivity index (χ0n) is 17.4. The number of hydrogen-bond acceptors (Lipinski definition) is 8. The van der Waals surface area contributed by atoms with E-state index in [0.717, 1.165) is 19.1 Å². The number of ether oxygens (including phenoxy) is 4. The molecule has 0 aliphatic carbocycles. The highest BCUT2D eigenvalue weighted by Gasteiger charge is 2.12. The van der Waals surface area contributed by atoms with Gasteiger partial charge in [-0.15, -0.1) is 11.6 Å². The lowest BCUT2D eigenvalue weighted by atomic mass is 10.2. The minimum Gasteiger partial charge on any atom is -0.466 e. The van der Waals surface area contributed by atoms with Crippen LogP contribution in [-0.2, 0) is 38.1 Å². The molecule has 0 spiro atoms. The molecule has 0 rings (SSSR count). The minimum atomic E-state index is -0.546. The first kappa shape index (κ1) is 31.1. The van der Waals surface area contributed by atoms with E-state index in [1.807, 2.05) is 6.92 Å². The van der Waals surface area contributed by atoms with Crippen LogP contribution in [0.4, 0.5) is 0 Å². The number of carbonyl (C=O) groups is 4. The Kier molecular flexibility index (Phi) is 25.1. The number of esters is 4. The molecule has 0 atom stereocenters. The average Bonchev–Trinajstić information content (AvgIpc) is 2.69. The summed E-state index contributed by atoms with van der Waals surface area (Å²) in [5.74, 6) is -1.93. The van der Waals surface area contributed by atoms with Crippen LogP contribution < -0.4 is 0 Å². The Morgan fingerprint density at radius 2 is 1.52 bits per heavy atom. The number of alkyl halides is 1. The Balaban J connectivity index is -0.000000370. The molecule has 0 unspecified atom stereocenters. The predicted octanol–water partition coefficient (Wildman–Crippen LogP) is 3.49. The fraction of sp³-hybridized carbons (Fsp3) is 0.500. The van der Waals surface area contributed by atoms with Gasteiger partial charge in [0.25, 0.3) is 0 Å². The van der Waals surface area contributed by atoms with Crippen molar-refractivity contribution in [2.24, 2.45) is 0 Å². The third kappa shape index (κ3) is 25.4. The van der Waals surface area contributed by atoms with Gasteiger partial charge in [0.15, 0.2) is 0 Å². The SMILES string of the molecule is C=C(CC(=O)OCC)C(=O)OCC.C=CC(=O)OCCCC.C=COC(=O)CCl. The summed E-state index contributed by atoms with van der Waals surface area (Å²) in [5, 5.41) is 0. The van der Waals surface area contributed by atoms with Gasteiger partial charge in [-0.3, -0.25) is 9.59 Å². The van der Waals surface area contributed by atoms with Crippen molar-refractivity contribution in [2.45, 2.75) is 40.0 Å². The Morgan fingerprint density at radius 3 is 1.90 bits per heavy atom. The third-order valence-electron chi connectivity index (χ3n) is 2.46. The molecule has 9 heteroatoms. The first-order valence-electron chi connectivity index (χ1n) is 8.89. The van der Waals surface area contributed by atoms with Crippen LogP contribution in [0.15, 0.2) is 37.6 Å². The lowest BCUT2D eigenvalue weighted by Gasteiger charge is -2.04. The Hall–Kier alpha value is -2.61. The summed E-state index contributed by atoms with van der Waals surface area (Å²) < 4.78 is 18.1. The van der Waals surface area contributed by atoms with Crippen molar-refractivity contribution in [3.63, 3.8) is 0 Å². The normalized spacial score (nSPS) is 8.55.